The number of nitrogens with zero attached hydrogens (tertiary/aromatic N) is 1. The molecule has 5 heteroatoms. The molecule has 0 radical (unpaired) electrons. The van der Waals surface area contributed by atoms with Gasteiger partial charge in [0, 0.05) is 32.8 Å². The molecule has 1 aliphatic rings. The van der Waals surface area contributed by atoms with Crippen molar-refractivity contribution in [1.82, 2.24) is 4.90 Å². The summed E-state index contributed by atoms with van der Waals surface area (Å²) < 4.78 is 10.2. The lowest BCUT2D eigenvalue weighted by atomic mass is 9.96. The van der Waals surface area contributed by atoms with E-state index >= 15 is 0 Å². The highest BCUT2D eigenvalue weighted by Crippen LogP contribution is 2.14. The van der Waals surface area contributed by atoms with Crippen LogP contribution in [0.3, 0.4) is 0 Å². The first-order chi connectivity index (χ1) is 8.11. The number of likely N-dealkylation sites (tertiary alicyclic amines) is 1. The monoisotopic (exact) mass is 246 g/mol. The summed E-state index contributed by atoms with van der Waals surface area (Å²) in [6.45, 7) is 6.20. The third-order valence-corrected chi connectivity index (χ3v) is 2.98. The number of hydrogen-bond acceptors (Lipinski definition) is 5. The van der Waals surface area contributed by atoms with Gasteiger partial charge in [-0.15, -0.1) is 0 Å². The van der Waals surface area contributed by atoms with Crippen molar-refractivity contribution >= 4 is 0 Å². The molecular weight excluding hydrogens is 220 g/mol. The summed E-state index contributed by atoms with van der Waals surface area (Å²) in [5, 5.41) is 9.82. The minimum absolute atomic E-state index is 0.236. The number of aliphatic hydroxyl groups excluding tert-OH is 1. The number of β-amino-alcohol motifs (C(OH)–C–C–N with tert-alkyl or cyclic N) is 1. The van der Waals surface area contributed by atoms with E-state index in [2.05, 4.69) is 11.8 Å². The zero-order valence-electron chi connectivity index (χ0n) is 11.0. The average molecular weight is 246 g/mol. The molecule has 1 saturated heterocycles. The van der Waals surface area contributed by atoms with Crippen LogP contribution >= 0.6 is 0 Å². The van der Waals surface area contributed by atoms with E-state index in [0.717, 1.165) is 19.5 Å². The van der Waals surface area contributed by atoms with Gasteiger partial charge in [-0.3, -0.25) is 4.90 Å². The minimum Gasteiger partial charge on any atom is -0.389 e. The molecule has 3 N–H and O–H groups in total. The fraction of sp³-hybridized carbons (Fsp3) is 1.00. The van der Waals surface area contributed by atoms with Crippen LogP contribution in [-0.4, -0.2) is 68.7 Å². The standard InChI is InChI=1S/C12H26N2O3/c1-10-5-11(13)7-14(6-10)8-12(15)9-17-4-3-16-2/h10-12,15H,3-9,13H2,1-2H3. The highest BCUT2D eigenvalue weighted by atomic mass is 16.5. The zero-order chi connectivity index (χ0) is 12.7. The van der Waals surface area contributed by atoms with Gasteiger partial charge in [0.05, 0.1) is 25.9 Å². The van der Waals surface area contributed by atoms with Gasteiger partial charge >= 0.3 is 0 Å². The SMILES string of the molecule is COCCOCC(O)CN1CC(C)CC(N)C1. The van der Waals surface area contributed by atoms with E-state index in [4.69, 9.17) is 15.2 Å². The molecule has 0 aromatic heterocycles. The van der Waals surface area contributed by atoms with E-state index in [9.17, 15) is 5.11 Å². The predicted octanol–water partition coefficient (Wildman–Crippen LogP) is -0.321. The normalized spacial score (nSPS) is 28.2. The van der Waals surface area contributed by atoms with Crippen LogP contribution in [-0.2, 0) is 9.47 Å². The Morgan fingerprint density at radius 2 is 2.18 bits per heavy atom. The molecule has 0 spiro atoms. The first-order valence-electron chi connectivity index (χ1n) is 6.34. The number of nitrogens with two attached hydrogens (primary N) is 1. The van der Waals surface area contributed by atoms with E-state index in [1.807, 2.05) is 0 Å². The van der Waals surface area contributed by atoms with Crippen LogP contribution in [0.1, 0.15) is 13.3 Å². The van der Waals surface area contributed by atoms with Crippen molar-refractivity contribution in [2.75, 3.05) is 46.6 Å². The number of hydrogen-bond donors (Lipinski definition) is 2. The summed E-state index contributed by atoms with van der Waals surface area (Å²) in [5.41, 5.74) is 5.96. The van der Waals surface area contributed by atoms with Crippen LogP contribution in [0.2, 0.25) is 0 Å². The molecule has 3 unspecified atom stereocenters. The second kappa shape index (κ2) is 8.00. The fourth-order valence-corrected chi connectivity index (χ4v) is 2.37. The smallest absolute Gasteiger partial charge is 0.0900 e. The summed E-state index contributed by atoms with van der Waals surface area (Å²) in [5.74, 6) is 0.611. The quantitative estimate of drug-likeness (QED) is 0.603. The highest BCUT2D eigenvalue weighted by molar-refractivity contribution is 4.80. The van der Waals surface area contributed by atoms with Crippen molar-refractivity contribution in [2.45, 2.75) is 25.5 Å². The van der Waals surface area contributed by atoms with Crippen LogP contribution in [0.25, 0.3) is 0 Å². The van der Waals surface area contributed by atoms with E-state index in [0.29, 0.717) is 32.3 Å². The summed E-state index contributed by atoms with van der Waals surface area (Å²) in [7, 11) is 1.64. The summed E-state index contributed by atoms with van der Waals surface area (Å²) in [4.78, 5) is 2.23. The van der Waals surface area contributed by atoms with Gasteiger partial charge in [-0.2, -0.15) is 0 Å². The first kappa shape index (κ1) is 14.9. The van der Waals surface area contributed by atoms with Gasteiger partial charge in [0.25, 0.3) is 0 Å². The molecule has 102 valence electrons. The second-order valence-corrected chi connectivity index (χ2v) is 5.04. The molecule has 0 aromatic rings. The molecule has 1 rings (SSSR count). The van der Waals surface area contributed by atoms with Crippen LogP contribution in [0.5, 0.6) is 0 Å². The molecule has 0 bridgehead atoms. The Morgan fingerprint density at radius 1 is 1.41 bits per heavy atom. The molecule has 0 amide bonds. The Morgan fingerprint density at radius 3 is 2.82 bits per heavy atom. The highest BCUT2D eigenvalue weighted by Gasteiger charge is 2.23. The molecule has 5 nitrogen and oxygen atoms in total. The van der Waals surface area contributed by atoms with E-state index in [1.54, 1.807) is 7.11 Å². The van der Waals surface area contributed by atoms with Gasteiger partial charge in [0.15, 0.2) is 0 Å². The van der Waals surface area contributed by atoms with E-state index in [1.165, 1.54) is 0 Å². The van der Waals surface area contributed by atoms with Crippen LogP contribution in [0.4, 0.5) is 0 Å². The number of aliphatic hydroxyl groups is 1. The van der Waals surface area contributed by atoms with Gasteiger partial charge in [-0.05, 0) is 12.3 Å². The van der Waals surface area contributed by atoms with Gasteiger partial charge in [0.2, 0.25) is 0 Å². The largest absolute Gasteiger partial charge is 0.389 e. The van der Waals surface area contributed by atoms with Crippen molar-refractivity contribution < 1.29 is 14.6 Å². The Kier molecular flexibility index (Phi) is 6.99. The van der Waals surface area contributed by atoms with Crippen molar-refractivity contribution in [3.05, 3.63) is 0 Å². The molecule has 1 aliphatic heterocycles. The van der Waals surface area contributed by atoms with Crippen LogP contribution < -0.4 is 5.73 Å². The number of methoxy groups -OCH3 is 1. The minimum atomic E-state index is -0.440. The maximum absolute atomic E-state index is 9.82. The van der Waals surface area contributed by atoms with E-state index < -0.39 is 6.10 Å². The summed E-state index contributed by atoms with van der Waals surface area (Å²) in [6.07, 6.45) is 0.640. The number of ether oxygens (including phenoxy) is 2. The van der Waals surface area contributed by atoms with Gasteiger partial charge in [0.1, 0.15) is 0 Å². The molecule has 0 saturated carbocycles. The molecule has 0 aliphatic carbocycles. The van der Waals surface area contributed by atoms with Crippen molar-refractivity contribution in [1.29, 1.82) is 0 Å². The average Bonchev–Trinajstić information content (AvgIpc) is 2.23. The third kappa shape index (κ3) is 6.33. The van der Waals surface area contributed by atoms with E-state index in [-0.39, 0.29) is 6.04 Å². The molecule has 3 atom stereocenters. The van der Waals surface area contributed by atoms with Crippen molar-refractivity contribution in [2.24, 2.45) is 11.7 Å². The number of piperidine rings is 1. The van der Waals surface area contributed by atoms with Crippen LogP contribution in [0.15, 0.2) is 0 Å². The Bertz CT molecular complexity index is 194. The zero-order valence-corrected chi connectivity index (χ0v) is 11.0. The molecular formula is C12H26N2O3. The third-order valence-electron chi connectivity index (χ3n) is 2.98. The maximum atomic E-state index is 9.82. The second-order valence-electron chi connectivity index (χ2n) is 5.04. The summed E-state index contributed by atoms with van der Waals surface area (Å²) in [6, 6.07) is 0.236. The molecule has 0 aromatic carbocycles. The lowest BCUT2D eigenvalue weighted by molar-refractivity contribution is -0.00642. The Balaban J connectivity index is 2.14. The first-order valence-corrected chi connectivity index (χ1v) is 6.34. The lowest BCUT2D eigenvalue weighted by Crippen LogP contribution is -2.49. The van der Waals surface area contributed by atoms with Crippen LogP contribution in [0, 0.1) is 5.92 Å². The van der Waals surface area contributed by atoms with Gasteiger partial charge < -0.3 is 20.3 Å². The summed E-state index contributed by atoms with van der Waals surface area (Å²) >= 11 is 0. The fourth-order valence-electron chi connectivity index (χ4n) is 2.37. The molecule has 17 heavy (non-hydrogen) atoms. The molecule has 1 heterocycles. The maximum Gasteiger partial charge on any atom is 0.0900 e. The molecule has 1 fully saturated rings. The Hall–Kier alpha value is -0.200. The predicted molar refractivity (Wildman–Crippen MR) is 66.9 cm³/mol. The topological polar surface area (TPSA) is 68.0 Å². The lowest BCUT2D eigenvalue weighted by Gasteiger charge is -2.35. The Labute approximate surface area is 104 Å². The van der Waals surface area contributed by atoms with Crippen molar-refractivity contribution in [3.63, 3.8) is 0 Å². The van der Waals surface area contributed by atoms with Crippen molar-refractivity contribution in [3.8, 4) is 0 Å². The van der Waals surface area contributed by atoms with Gasteiger partial charge in [-0.1, -0.05) is 6.92 Å². The number of rotatable bonds is 7. The van der Waals surface area contributed by atoms with Gasteiger partial charge in [-0.25, -0.2) is 0 Å².